The fourth-order valence-corrected chi connectivity index (χ4v) is 3.02. The predicted molar refractivity (Wildman–Crippen MR) is 105 cm³/mol. The van der Waals surface area contributed by atoms with Gasteiger partial charge in [-0.05, 0) is 60.2 Å². The summed E-state index contributed by atoms with van der Waals surface area (Å²) in [5.74, 6) is 0.334. The van der Waals surface area contributed by atoms with Gasteiger partial charge in [-0.1, -0.05) is 11.6 Å². The predicted octanol–water partition coefficient (Wildman–Crippen LogP) is 3.55. The van der Waals surface area contributed by atoms with Gasteiger partial charge in [-0.2, -0.15) is 4.68 Å². The zero-order valence-corrected chi connectivity index (χ0v) is 16.8. The Labute approximate surface area is 171 Å². The van der Waals surface area contributed by atoms with Gasteiger partial charge >= 0.3 is 6.09 Å². The van der Waals surface area contributed by atoms with E-state index in [1.165, 1.54) is 16.8 Å². The Bertz CT molecular complexity index is 1030. The Morgan fingerprint density at radius 3 is 2.76 bits per heavy atom. The van der Waals surface area contributed by atoms with Gasteiger partial charge in [0, 0.05) is 18.7 Å². The third-order valence-corrected chi connectivity index (χ3v) is 4.31. The number of amides is 1. The van der Waals surface area contributed by atoms with E-state index >= 15 is 0 Å². The van der Waals surface area contributed by atoms with Gasteiger partial charge in [0.2, 0.25) is 0 Å². The number of rotatable bonds is 6. The van der Waals surface area contributed by atoms with E-state index in [2.05, 4.69) is 20.8 Å². The highest BCUT2D eigenvalue weighted by Crippen LogP contribution is 2.33. The molecule has 3 rings (SSSR count). The first-order valence-electron chi connectivity index (χ1n) is 8.70. The second kappa shape index (κ2) is 8.97. The molecule has 0 bridgehead atoms. The normalized spacial score (nSPS) is 11.9. The highest BCUT2D eigenvalue weighted by atomic mass is 35.5. The van der Waals surface area contributed by atoms with Crippen LogP contribution in [0.1, 0.15) is 12.7 Å². The van der Waals surface area contributed by atoms with Gasteiger partial charge in [0.1, 0.15) is 11.6 Å². The maximum atomic E-state index is 13.5. The van der Waals surface area contributed by atoms with Gasteiger partial charge in [0.15, 0.2) is 5.82 Å². The zero-order chi connectivity index (χ0) is 21.0. The average Bonchev–Trinajstić information content (AvgIpc) is 3.07. The van der Waals surface area contributed by atoms with E-state index in [0.717, 1.165) is 0 Å². The van der Waals surface area contributed by atoms with Crippen LogP contribution < -0.4 is 10.1 Å². The zero-order valence-electron chi connectivity index (χ0n) is 16.0. The summed E-state index contributed by atoms with van der Waals surface area (Å²) in [6.45, 7) is 3.86. The molecular formula is C19H19ClFN5O3. The van der Waals surface area contributed by atoms with Crippen molar-refractivity contribution in [2.75, 3.05) is 13.7 Å². The molecule has 29 heavy (non-hydrogen) atoms. The lowest BCUT2D eigenvalue weighted by Gasteiger charge is -2.14. The van der Waals surface area contributed by atoms with E-state index in [1.54, 1.807) is 45.2 Å². The van der Waals surface area contributed by atoms with Crippen LogP contribution in [0, 0.1) is 12.7 Å². The molecule has 0 aliphatic carbocycles. The van der Waals surface area contributed by atoms with E-state index < -0.39 is 11.9 Å². The van der Waals surface area contributed by atoms with Crippen molar-refractivity contribution < 1.29 is 18.7 Å². The average molecular weight is 420 g/mol. The Balaban J connectivity index is 1.99. The van der Waals surface area contributed by atoms with E-state index in [9.17, 15) is 9.18 Å². The Morgan fingerprint density at radius 2 is 2.10 bits per heavy atom. The number of benzene rings is 2. The van der Waals surface area contributed by atoms with Crippen molar-refractivity contribution in [2.45, 2.75) is 19.9 Å². The van der Waals surface area contributed by atoms with Gasteiger partial charge < -0.3 is 14.8 Å². The first kappa shape index (κ1) is 20.7. The summed E-state index contributed by atoms with van der Waals surface area (Å²) in [4.78, 5) is 12.2. The Morgan fingerprint density at radius 1 is 1.31 bits per heavy atom. The summed E-state index contributed by atoms with van der Waals surface area (Å²) in [6, 6.07) is 8.84. The molecule has 0 spiro atoms. The third-order valence-electron chi connectivity index (χ3n) is 3.99. The largest absolute Gasteiger partial charge is 0.412 e. The topological polar surface area (TPSA) is 91.2 Å². The minimum Gasteiger partial charge on any atom is -0.410 e. The van der Waals surface area contributed by atoms with E-state index in [4.69, 9.17) is 21.1 Å². The highest BCUT2D eigenvalue weighted by Gasteiger charge is 2.15. The van der Waals surface area contributed by atoms with Crippen LogP contribution >= 0.6 is 11.6 Å². The lowest BCUT2D eigenvalue weighted by Crippen LogP contribution is -2.37. The number of methoxy groups -OCH3 is 1. The molecule has 0 fully saturated rings. The maximum absolute atomic E-state index is 13.5. The number of carbonyl (C=O) groups is 1. The molecule has 1 atom stereocenters. The molecule has 0 radical (unpaired) electrons. The number of aryl methyl sites for hydroxylation is 1. The summed E-state index contributed by atoms with van der Waals surface area (Å²) in [5.41, 5.74) is 1.73. The minimum absolute atomic E-state index is 0.222. The van der Waals surface area contributed by atoms with Crippen molar-refractivity contribution >= 4 is 17.7 Å². The van der Waals surface area contributed by atoms with Crippen LogP contribution in [0.4, 0.5) is 9.18 Å². The van der Waals surface area contributed by atoms with Crippen molar-refractivity contribution in [1.29, 1.82) is 0 Å². The molecule has 0 aliphatic rings. The fraction of sp³-hybridized carbons (Fsp3) is 0.263. The number of hydrogen-bond acceptors (Lipinski definition) is 6. The van der Waals surface area contributed by atoms with Crippen LogP contribution in [0.2, 0.25) is 5.02 Å². The van der Waals surface area contributed by atoms with Crippen LogP contribution in [0.5, 0.6) is 5.75 Å². The number of hydrogen-bond donors (Lipinski definition) is 1. The molecule has 0 saturated heterocycles. The highest BCUT2D eigenvalue weighted by molar-refractivity contribution is 6.33. The summed E-state index contributed by atoms with van der Waals surface area (Å²) in [7, 11) is 1.54. The van der Waals surface area contributed by atoms with Gasteiger partial charge in [0.25, 0.3) is 0 Å². The first-order valence-corrected chi connectivity index (χ1v) is 9.08. The minimum atomic E-state index is -0.642. The molecule has 10 heteroatoms. The monoisotopic (exact) mass is 419 g/mol. The number of halogens is 2. The van der Waals surface area contributed by atoms with E-state index in [0.29, 0.717) is 29.2 Å². The van der Waals surface area contributed by atoms with Gasteiger partial charge in [-0.15, -0.1) is 5.10 Å². The second-order valence-electron chi connectivity index (χ2n) is 6.37. The van der Waals surface area contributed by atoms with Crippen LogP contribution in [0.25, 0.3) is 16.8 Å². The number of tetrazole rings is 1. The first-order chi connectivity index (χ1) is 13.9. The van der Waals surface area contributed by atoms with Crippen LogP contribution in [0.3, 0.4) is 0 Å². The summed E-state index contributed by atoms with van der Waals surface area (Å²) in [6.07, 6.45) is -0.642. The van der Waals surface area contributed by atoms with Gasteiger partial charge in [0.05, 0.1) is 23.4 Å². The molecule has 1 N–H and O–H groups in total. The smallest absolute Gasteiger partial charge is 0.410 e. The van der Waals surface area contributed by atoms with Crippen molar-refractivity contribution in [1.82, 2.24) is 25.5 Å². The third kappa shape index (κ3) is 5.07. The molecule has 152 valence electrons. The van der Waals surface area contributed by atoms with Crippen molar-refractivity contribution in [2.24, 2.45) is 0 Å². The molecule has 1 amide bonds. The fourth-order valence-electron chi connectivity index (χ4n) is 2.74. The number of nitrogens with zero attached hydrogens (tertiary/aromatic N) is 4. The lowest BCUT2D eigenvalue weighted by atomic mass is 10.0. The molecule has 2 aromatic carbocycles. The molecule has 3 aromatic rings. The molecular weight excluding hydrogens is 401 g/mol. The van der Waals surface area contributed by atoms with Gasteiger partial charge in [-0.3, -0.25) is 0 Å². The summed E-state index contributed by atoms with van der Waals surface area (Å²) in [5, 5.41) is 14.3. The number of aromatic nitrogens is 4. The maximum Gasteiger partial charge on any atom is 0.412 e. The molecule has 1 heterocycles. The van der Waals surface area contributed by atoms with E-state index in [-0.39, 0.29) is 16.8 Å². The lowest BCUT2D eigenvalue weighted by molar-refractivity contribution is 0.159. The summed E-state index contributed by atoms with van der Waals surface area (Å²) < 4.78 is 25.4. The van der Waals surface area contributed by atoms with Crippen LogP contribution in [-0.2, 0) is 4.74 Å². The van der Waals surface area contributed by atoms with Crippen molar-refractivity contribution in [3.05, 3.63) is 53.1 Å². The van der Waals surface area contributed by atoms with Crippen molar-refractivity contribution in [3.63, 3.8) is 0 Å². The van der Waals surface area contributed by atoms with Crippen LogP contribution in [-0.4, -0.2) is 46.1 Å². The Hall–Kier alpha value is -3.04. The SMILES string of the molecule is COCC(C)NC(=O)Oc1cc(-c2ccc(F)cc2Cl)cc(-n2nnnc2C)c1. The molecule has 1 aromatic heterocycles. The molecule has 0 aliphatic heterocycles. The van der Waals surface area contributed by atoms with Gasteiger partial charge in [-0.25, -0.2) is 9.18 Å². The molecule has 8 nitrogen and oxygen atoms in total. The van der Waals surface area contributed by atoms with E-state index in [1.807, 2.05) is 0 Å². The quantitative estimate of drug-likeness (QED) is 0.657. The second-order valence-corrected chi connectivity index (χ2v) is 6.78. The number of ether oxygens (including phenoxy) is 2. The summed E-state index contributed by atoms with van der Waals surface area (Å²) >= 11 is 6.21. The van der Waals surface area contributed by atoms with Crippen LogP contribution in [0.15, 0.2) is 36.4 Å². The standard InChI is InChI=1S/C19H19ClFN5O3/c1-11(10-28-3)22-19(27)29-16-7-13(17-5-4-14(21)8-18(17)20)6-15(9-16)26-12(2)23-24-25-26/h4-9,11H,10H2,1-3H3,(H,22,27). The molecule has 1 unspecified atom stereocenters. The Kier molecular flexibility index (Phi) is 6.40. The van der Waals surface area contributed by atoms with Crippen molar-refractivity contribution in [3.8, 4) is 22.6 Å². The number of nitrogens with one attached hydrogen (secondary N) is 1. The number of carbonyl (C=O) groups excluding carboxylic acids is 1. The molecule has 0 saturated carbocycles.